The molecule has 0 bridgehead atoms. The molecule has 0 radical (unpaired) electrons. The number of carbonyl (C=O) groups excluding carboxylic acids is 1. The number of pyridine rings is 2. The first-order chi connectivity index (χ1) is 15.6. The van der Waals surface area contributed by atoms with E-state index in [1.807, 2.05) is 37.5 Å². The fourth-order valence-electron chi connectivity index (χ4n) is 3.27. The highest BCUT2D eigenvalue weighted by Crippen LogP contribution is 2.21. The maximum Gasteiger partial charge on any atom is 0.255 e. The zero-order chi connectivity index (χ0) is 22.3. The number of nitrogens with one attached hydrogen (secondary N) is 2. The number of aryl methyl sites for hydroxylation is 1. The highest BCUT2D eigenvalue weighted by atomic mass is 19.1. The van der Waals surface area contributed by atoms with Crippen LogP contribution >= 0.6 is 0 Å². The predicted octanol–water partition coefficient (Wildman–Crippen LogP) is 3.60. The van der Waals surface area contributed by atoms with Gasteiger partial charge in [-0.2, -0.15) is 5.10 Å². The summed E-state index contributed by atoms with van der Waals surface area (Å²) in [7, 11) is 1.84. The molecule has 2 N–H and O–H groups in total. The lowest BCUT2D eigenvalue weighted by atomic mass is 10.1. The number of hydrogen-bond acceptors (Lipinski definition) is 5. The van der Waals surface area contributed by atoms with Crippen molar-refractivity contribution in [3.63, 3.8) is 0 Å². The average molecular weight is 430 g/mol. The SMILES string of the molecule is Cn1ccc(-c2ccc(C(=O)NCc3cccnc3)c(NCCc3cccc(F)c3)n2)n1. The third-order valence-electron chi connectivity index (χ3n) is 4.89. The number of rotatable bonds is 8. The third kappa shape index (κ3) is 5.34. The number of benzene rings is 1. The number of halogens is 1. The van der Waals surface area contributed by atoms with Crippen LogP contribution in [0.25, 0.3) is 11.4 Å². The zero-order valence-electron chi connectivity index (χ0n) is 17.6. The Morgan fingerprint density at radius 3 is 2.69 bits per heavy atom. The maximum atomic E-state index is 13.5. The van der Waals surface area contributed by atoms with Gasteiger partial charge < -0.3 is 10.6 Å². The van der Waals surface area contributed by atoms with Crippen molar-refractivity contribution < 1.29 is 9.18 Å². The predicted molar refractivity (Wildman–Crippen MR) is 120 cm³/mol. The Labute approximate surface area is 185 Å². The summed E-state index contributed by atoms with van der Waals surface area (Å²) < 4.78 is 15.2. The molecule has 1 amide bonds. The highest BCUT2D eigenvalue weighted by molar-refractivity contribution is 5.99. The molecule has 4 aromatic rings. The van der Waals surface area contributed by atoms with E-state index in [1.165, 1.54) is 12.1 Å². The van der Waals surface area contributed by atoms with Crippen LogP contribution in [0.15, 0.2) is 73.2 Å². The van der Waals surface area contributed by atoms with Crippen molar-refractivity contribution in [3.05, 3.63) is 95.7 Å². The quantitative estimate of drug-likeness (QED) is 0.446. The first-order valence-corrected chi connectivity index (χ1v) is 10.2. The second kappa shape index (κ2) is 9.82. The third-order valence-corrected chi connectivity index (χ3v) is 4.89. The summed E-state index contributed by atoms with van der Waals surface area (Å²) in [6.45, 7) is 0.850. The van der Waals surface area contributed by atoms with E-state index in [0.29, 0.717) is 42.3 Å². The summed E-state index contributed by atoms with van der Waals surface area (Å²) in [5.41, 5.74) is 3.55. The van der Waals surface area contributed by atoms with E-state index in [-0.39, 0.29) is 11.7 Å². The Kier molecular flexibility index (Phi) is 6.50. The van der Waals surface area contributed by atoms with Gasteiger partial charge >= 0.3 is 0 Å². The van der Waals surface area contributed by atoms with Crippen LogP contribution < -0.4 is 10.6 Å². The molecule has 0 aliphatic rings. The van der Waals surface area contributed by atoms with Crippen molar-refractivity contribution in [2.45, 2.75) is 13.0 Å². The van der Waals surface area contributed by atoms with Crippen LogP contribution in [0, 0.1) is 5.82 Å². The Bertz CT molecular complexity index is 1210. The molecule has 0 saturated heterocycles. The Hall–Kier alpha value is -4.07. The smallest absolute Gasteiger partial charge is 0.255 e. The number of nitrogens with zero attached hydrogens (tertiary/aromatic N) is 4. The molecule has 0 unspecified atom stereocenters. The molecule has 0 spiro atoms. The maximum absolute atomic E-state index is 13.5. The van der Waals surface area contributed by atoms with E-state index >= 15 is 0 Å². The van der Waals surface area contributed by atoms with E-state index in [0.717, 1.165) is 11.1 Å². The molecular weight excluding hydrogens is 407 g/mol. The van der Waals surface area contributed by atoms with Crippen molar-refractivity contribution >= 4 is 11.7 Å². The summed E-state index contributed by atoms with van der Waals surface area (Å²) in [4.78, 5) is 21.6. The minimum atomic E-state index is -0.270. The van der Waals surface area contributed by atoms with Gasteiger partial charge in [0.1, 0.15) is 17.3 Å². The molecule has 162 valence electrons. The lowest BCUT2D eigenvalue weighted by Gasteiger charge is -2.13. The molecule has 32 heavy (non-hydrogen) atoms. The lowest BCUT2D eigenvalue weighted by Crippen LogP contribution is -2.25. The van der Waals surface area contributed by atoms with Gasteiger partial charge in [-0.15, -0.1) is 0 Å². The van der Waals surface area contributed by atoms with Crippen LogP contribution in [0.2, 0.25) is 0 Å². The summed E-state index contributed by atoms with van der Waals surface area (Å²) >= 11 is 0. The zero-order valence-corrected chi connectivity index (χ0v) is 17.6. The molecule has 3 heterocycles. The minimum absolute atomic E-state index is 0.248. The molecule has 0 aliphatic heterocycles. The normalized spacial score (nSPS) is 10.7. The fourth-order valence-corrected chi connectivity index (χ4v) is 3.27. The largest absolute Gasteiger partial charge is 0.369 e. The van der Waals surface area contributed by atoms with Crippen molar-refractivity contribution in [2.75, 3.05) is 11.9 Å². The molecule has 1 aromatic carbocycles. The van der Waals surface area contributed by atoms with Gasteiger partial charge in [0.25, 0.3) is 5.91 Å². The molecule has 0 saturated carbocycles. The van der Waals surface area contributed by atoms with Gasteiger partial charge in [0.05, 0.1) is 11.3 Å². The summed E-state index contributed by atoms with van der Waals surface area (Å²) in [6, 6.07) is 15.6. The van der Waals surface area contributed by atoms with Gasteiger partial charge in [-0.1, -0.05) is 18.2 Å². The van der Waals surface area contributed by atoms with Gasteiger partial charge in [0, 0.05) is 38.7 Å². The number of aromatic nitrogens is 4. The van der Waals surface area contributed by atoms with Crippen LogP contribution in [0.4, 0.5) is 10.2 Å². The molecular formula is C24H23FN6O. The van der Waals surface area contributed by atoms with E-state index in [9.17, 15) is 9.18 Å². The second-order valence-electron chi connectivity index (χ2n) is 7.32. The monoisotopic (exact) mass is 430 g/mol. The van der Waals surface area contributed by atoms with Gasteiger partial charge in [-0.3, -0.25) is 14.5 Å². The van der Waals surface area contributed by atoms with E-state index in [2.05, 4.69) is 25.7 Å². The van der Waals surface area contributed by atoms with Crippen molar-refractivity contribution in [3.8, 4) is 11.4 Å². The molecule has 4 rings (SSSR count). The fraction of sp³-hybridized carbons (Fsp3) is 0.167. The summed E-state index contributed by atoms with van der Waals surface area (Å²) in [5.74, 6) is -0.0661. The van der Waals surface area contributed by atoms with E-state index < -0.39 is 0 Å². The molecule has 7 nitrogen and oxygen atoms in total. The van der Waals surface area contributed by atoms with Crippen molar-refractivity contribution in [1.29, 1.82) is 0 Å². The van der Waals surface area contributed by atoms with Gasteiger partial charge in [-0.25, -0.2) is 9.37 Å². The Balaban J connectivity index is 1.53. The van der Waals surface area contributed by atoms with Crippen LogP contribution in [0.1, 0.15) is 21.5 Å². The van der Waals surface area contributed by atoms with Crippen molar-refractivity contribution in [1.82, 2.24) is 25.1 Å². The number of carbonyl (C=O) groups is 1. The van der Waals surface area contributed by atoms with Gasteiger partial charge in [0.2, 0.25) is 0 Å². The lowest BCUT2D eigenvalue weighted by molar-refractivity contribution is 0.0951. The van der Waals surface area contributed by atoms with Crippen LogP contribution in [0.5, 0.6) is 0 Å². The standard InChI is InChI=1S/C24H23FN6O/c1-31-13-10-22(30-31)21-8-7-20(24(32)28-16-18-5-3-11-26-15-18)23(29-21)27-12-9-17-4-2-6-19(25)14-17/h2-8,10-11,13-15H,9,12,16H2,1H3,(H,27,29)(H,28,32). The number of amides is 1. The van der Waals surface area contributed by atoms with Gasteiger partial charge in [-0.05, 0) is 53.9 Å². The van der Waals surface area contributed by atoms with E-state index in [1.54, 1.807) is 35.3 Å². The first kappa shape index (κ1) is 21.2. The Morgan fingerprint density at radius 1 is 1.06 bits per heavy atom. The number of hydrogen-bond donors (Lipinski definition) is 2. The molecule has 0 fully saturated rings. The molecule has 0 atom stereocenters. The minimum Gasteiger partial charge on any atom is -0.369 e. The van der Waals surface area contributed by atoms with Crippen LogP contribution in [-0.4, -0.2) is 32.2 Å². The summed E-state index contributed by atoms with van der Waals surface area (Å²) in [5, 5.41) is 10.5. The topological polar surface area (TPSA) is 84.7 Å². The van der Waals surface area contributed by atoms with Crippen LogP contribution in [0.3, 0.4) is 0 Å². The van der Waals surface area contributed by atoms with E-state index in [4.69, 9.17) is 0 Å². The molecule has 3 aromatic heterocycles. The summed E-state index contributed by atoms with van der Waals surface area (Å²) in [6.07, 6.45) is 5.82. The average Bonchev–Trinajstić information content (AvgIpc) is 3.24. The molecule has 0 aliphatic carbocycles. The molecule has 8 heteroatoms. The van der Waals surface area contributed by atoms with Crippen LogP contribution in [-0.2, 0) is 20.0 Å². The highest BCUT2D eigenvalue weighted by Gasteiger charge is 2.15. The second-order valence-corrected chi connectivity index (χ2v) is 7.32. The number of anilines is 1. The van der Waals surface area contributed by atoms with Gasteiger partial charge in [0.15, 0.2) is 0 Å². The van der Waals surface area contributed by atoms with Crippen molar-refractivity contribution in [2.24, 2.45) is 7.05 Å². The Morgan fingerprint density at radius 2 is 1.94 bits per heavy atom. The first-order valence-electron chi connectivity index (χ1n) is 10.2.